The van der Waals surface area contributed by atoms with Crippen LogP contribution >= 0.6 is 0 Å². The van der Waals surface area contributed by atoms with Gasteiger partial charge in [0.05, 0.1) is 6.10 Å². The molecule has 0 spiro atoms. The first-order chi connectivity index (χ1) is 7.79. The maximum Gasteiger partial charge on any atom is 0.0737 e. The number of unbranched alkanes of at least 4 members (excludes halogenated alkanes) is 4. The fraction of sp³-hybridized carbons (Fsp3) is 1.00. The summed E-state index contributed by atoms with van der Waals surface area (Å²) in [6, 6.07) is 0.312. The zero-order valence-electron chi connectivity index (χ0n) is 11.3. The molecule has 3 nitrogen and oxygen atoms in total. The summed E-state index contributed by atoms with van der Waals surface area (Å²) in [6.45, 7) is 4.42. The lowest BCUT2D eigenvalue weighted by Crippen LogP contribution is -2.44. The first-order valence-electron chi connectivity index (χ1n) is 6.79. The first-order valence-corrected chi connectivity index (χ1v) is 6.79. The Bertz CT molecular complexity index is 142. The van der Waals surface area contributed by atoms with Crippen LogP contribution < -0.4 is 11.3 Å². The number of ether oxygens (including phenoxy) is 1. The minimum atomic E-state index is 0.265. The van der Waals surface area contributed by atoms with Gasteiger partial charge >= 0.3 is 0 Å². The summed E-state index contributed by atoms with van der Waals surface area (Å²) in [5.41, 5.74) is 2.90. The van der Waals surface area contributed by atoms with Crippen LogP contribution in [0.2, 0.25) is 0 Å². The Morgan fingerprint density at radius 2 is 1.69 bits per heavy atom. The number of nitrogens with two attached hydrogens (primary N) is 1. The van der Waals surface area contributed by atoms with Crippen LogP contribution in [0.5, 0.6) is 0 Å². The second-order valence-electron chi connectivity index (χ2n) is 4.54. The molecule has 0 aromatic heterocycles. The summed E-state index contributed by atoms with van der Waals surface area (Å²) in [5.74, 6) is 5.59. The van der Waals surface area contributed by atoms with Gasteiger partial charge in [-0.2, -0.15) is 0 Å². The lowest BCUT2D eigenvalue weighted by molar-refractivity contribution is 0.0572. The van der Waals surface area contributed by atoms with Gasteiger partial charge in [-0.1, -0.05) is 52.4 Å². The SMILES string of the molecule is CCCCCCCC(NN)C(CCC)OC. The minimum absolute atomic E-state index is 0.265. The van der Waals surface area contributed by atoms with Gasteiger partial charge in [0.15, 0.2) is 0 Å². The average molecular weight is 230 g/mol. The molecule has 0 amide bonds. The van der Waals surface area contributed by atoms with E-state index in [-0.39, 0.29) is 6.10 Å². The lowest BCUT2D eigenvalue weighted by Gasteiger charge is -2.25. The van der Waals surface area contributed by atoms with E-state index in [0.717, 1.165) is 19.3 Å². The van der Waals surface area contributed by atoms with Crippen LogP contribution in [0.1, 0.15) is 65.2 Å². The molecule has 0 rings (SSSR count). The third-order valence-corrected chi connectivity index (χ3v) is 3.16. The lowest BCUT2D eigenvalue weighted by atomic mass is 10.00. The van der Waals surface area contributed by atoms with Gasteiger partial charge < -0.3 is 4.74 Å². The third kappa shape index (κ3) is 7.20. The van der Waals surface area contributed by atoms with Crippen molar-refractivity contribution >= 4 is 0 Å². The molecule has 98 valence electrons. The summed E-state index contributed by atoms with van der Waals surface area (Å²) in [5, 5.41) is 0. The fourth-order valence-electron chi connectivity index (χ4n) is 2.11. The molecule has 0 bridgehead atoms. The molecule has 0 aliphatic heterocycles. The zero-order chi connectivity index (χ0) is 12.2. The molecule has 0 aliphatic rings. The second kappa shape index (κ2) is 11.4. The molecular weight excluding hydrogens is 200 g/mol. The number of methoxy groups -OCH3 is 1. The van der Waals surface area contributed by atoms with Crippen LogP contribution in [-0.2, 0) is 4.74 Å². The van der Waals surface area contributed by atoms with E-state index in [4.69, 9.17) is 10.6 Å². The Hall–Kier alpha value is -0.120. The Kier molecular flexibility index (Phi) is 11.3. The van der Waals surface area contributed by atoms with E-state index in [0.29, 0.717) is 6.04 Å². The van der Waals surface area contributed by atoms with Crippen molar-refractivity contribution < 1.29 is 4.74 Å². The predicted octanol–water partition coefficient (Wildman–Crippen LogP) is 2.99. The average Bonchev–Trinajstić information content (AvgIpc) is 2.31. The molecule has 2 unspecified atom stereocenters. The normalized spacial score (nSPS) is 15.0. The number of rotatable bonds is 11. The number of hydrazine groups is 1. The minimum Gasteiger partial charge on any atom is -0.380 e. The van der Waals surface area contributed by atoms with Crippen LogP contribution in [0.4, 0.5) is 0 Å². The Morgan fingerprint density at radius 3 is 2.19 bits per heavy atom. The van der Waals surface area contributed by atoms with E-state index in [1.165, 1.54) is 32.1 Å². The van der Waals surface area contributed by atoms with Crippen molar-refractivity contribution in [3.05, 3.63) is 0 Å². The fourth-order valence-corrected chi connectivity index (χ4v) is 2.11. The number of hydrogen-bond donors (Lipinski definition) is 2. The molecule has 0 aliphatic carbocycles. The number of nitrogens with one attached hydrogen (secondary N) is 1. The van der Waals surface area contributed by atoms with Gasteiger partial charge in [-0.05, 0) is 12.8 Å². The standard InChI is InChI=1S/C13H30N2O/c1-4-6-7-8-9-11-12(15-14)13(16-3)10-5-2/h12-13,15H,4-11,14H2,1-3H3. The molecule has 0 saturated heterocycles. The number of hydrogen-bond acceptors (Lipinski definition) is 3. The quantitative estimate of drug-likeness (QED) is 0.326. The molecule has 0 heterocycles. The van der Waals surface area contributed by atoms with Gasteiger partial charge in [-0.25, -0.2) is 0 Å². The van der Waals surface area contributed by atoms with Crippen LogP contribution in [0.3, 0.4) is 0 Å². The van der Waals surface area contributed by atoms with Gasteiger partial charge in [-0.15, -0.1) is 0 Å². The third-order valence-electron chi connectivity index (χ3n) is 3.16. The first kappa shape index (κ1) is 15.9. The Morgan fingerprint density at radius 1 is 1.00 bits per heavy atom. The van der Waals surface area contributed by atoms with Gasteiger partial charge in [0, 0.05) is 13.2 Å². The van der Waals surface area contributed by atoms with Crippen molar-refractivity contribution in [3.8, 4) is 0 Å². The predicted molar refractivity (Wildman–Crippen MR) is 70.2 cm³/mol. The summed E-state index contributed by atoms with van der Waals surface area (Å²) in [6.07, 6.45) is 10.2. The molecule has 2 atom stereocenters. The van der Waals surface area contributed by atoms with Gasteiger partial charge in [0.2, 0.25) is 0 Å². The highest BCUT2D eigenvalue weighted by atomic mass is 16.5. The van der Waals surface area contributed by atoms with Crippen LogP contribution in [0.15, 0.2) is 0 Å². The van der Waals surface area contributed by atoms with Crippen molar-refractivity contribution in [3.63, 3.8) is 0 Å². The Balaban J connectivity index is 3.70. The van der Waals surface area contributed by atoms with Crippen LogP contribution in [-0.4, -0.2) is 19.3 Å². The van der Waals surface area contributed by atoms with Crippen molar-refractivity contribution in [2.24, 2.45) is 5.84 Å². The molecule has 16 heavy (non-hydrogen) atoms. The summed E-state index contributed by atoms with van der Waals surface area (Å²) >= 11 is 0. The van der Waals surface area contributed by atoms with Crippen molar-refractivity contribution in [1.82, 2.24) is 5.43 Å². The molecule has 3 heteroatoms. The zero-order valence-corrected chi connectivity index (χ0v) is 11.3. The van der Waals surface area contributed by atoms with Crippen molar-refractivity contribution in [1.29, 1.82) is 0 Å². The molecule has 0 radical (unpaired) electrons. The maximum absolute atomic E-state index is 5.59. The van der Waals surface area contributed by atoms with Gasteiger partial charge in [0.25, 0.3) is 0 Å². The van der Waals surface area contributed by atoms with E-state index >= 15 is 0 Å². The van der Waals surface area contributed by atoms with E-state index < -0.39 is 0 Å². The molecule has 0 saturated carbocycles. The highest BCUT2D eigenvalue weighted by Crippen LogP contribution is 2.13. The molecule has 3 N–H and O–H groups in total. The highest BCUT2D eigenvalue weighted by molar-refractivity contribution is 4.74. The largest absolute Gasteiger partial charge is 0.380 e. The topological polar surface area (TPSA) is 47.3 Å². The van der Waals surface area contributed by atoms with Gasteiger partial charge in [-0.3, -0.25) is 11.3 Å². The maximum atomic E-state index is 5.59. The molecule has 0 aromatic carbocycles. The van der Waals surface area contributed by atoms with E-state index in [9.17, 15) is 0 Å². The van der Waals surface area contributed by atoms with E-state index in [1.807, 2.05) is 0 Å². The van der Waals surface area contributed by atoms with E-state index in [1.54, 1.807) is 7.11 Å². The molecule has 0 fully saturated rings. The molecule has 0 aromatic rings. The highest BCUT2D eigenvalue weighted by Gasteiger charge is 2.18. The van der Waals surface area contributed by atoms with Crippen LogP contribution in [0.25, 0.3) is 0 Å². The summed E-state index contributed by atoms with van der Waals surface area (Å²) < 4.78 is 5.48. The van der Waals surface area contributed by atoms with Crippen molar-refractivity contribution in [2.45, 2.75) is 77.4 Å². The molecular formula is C13H30N2O. The monoisotopic (exact) mass is 230 g/mol. The van der Waals surface area contributed by atoms with Gasteiger partial charge in [0.1, 0.15) is 0 Å². The Labute approximate surface area is 101 Å². The van der Waals surface area contributed by atoms with Crippen LogP contribution in [0, 0.1) is 0 Å². The van der Waals surface area contributed by atoms with E-state index in [2.05, 4.69) is 19.3 Å². The second-order valence-corrected chi connectivity index (χ2v) is 4.54. The summed E-state index contributed by atoms with van der Waals surface area (Å²) in [7, 11) is 1.78. The van der Waals surface area contributed by atoms with Crippen molar-refractivity contribution in [2.75, 3.05) is 7.11 Å². The summed E-state index contributed by atoms with van der Waals surface area (Å²) in [4.78, 5) is 0. The smallest absolute Gasteiger partial charge is 0.0737 e.